The van der Waals surface area contributed by atoms with E-state index >= 15 is 0 Å². The molecule has 0 radical (unpaired) electrons. The number of nitrogens with zero attached hydrogens (tertiary/aromatic N) is 1. The molecule has 0 bridgehead atoms. The Balaban J connectivity index is 2.76. The van der Waals surface area contributed by atoms with Crippen LogP contribution in [0, 0.1) is 0 Å². The predicted molar refractivity (Wildman–Crippen MR) is 60.4 cm³/mol. The molecular weight excluding hydrogens is 214 g/mol. The van der Waals surface area contributed by atoms with Gasteiger partial charge in [0.2, 0.25) is 0 Å². The van der Waals surface area contributed by atoms with Gasteiger partial charge in [0, 0.05) is 24.5 Å². The first-order valence-corrected chi connectivity index (χ1v) is 5.13. The number of phenolic OH excluding ortho intramolecular Hbond substituents is 1. The summed E-state index contributed by atoms with van der Waals surface area (Å²) in [5.41, 5.74) is 0.467. The highest BCUT2D eigenvalue weighted by molar-refractivity contribution is 6.20. The van der Waals surface area contributed by atoms with E-state index in [1.165, 1.54) is 17.0 Å². The second-order valence-corrected chi connectivity index (χ2v) is 4.26. The Hall–Kier alpha value is -1.22. The van der Waals surface area contributed by atoms with Crippen LogP contribution in [0.4, 0.5) is 0 Å². The third-order valence-electron chi connectivity index (χ3n) is 1.97. The third kappa shape index (κ3) is 3.44. The predicted octanol–water partition coefficient (Wildman–Crippen LogP) is 2.09. The highest BCUT2D eigenvalue weighted by Gasteiger charge is 2.13. The minimum atomic E-state index is -0.140. The molecule has 1 aromatic carbocycles. The maximum absolute atomic E-state index is 11.8. The lowest BCUT2D eigenvalue weighted by Gasteiger charge is -2.18. The number of benzene rings is 1. The molecule has 0 aliphatic heterocycles. The lowest BCUT2D eigenvalue weighted by atomic mass is 10.2. The third-order valence-corrected chi connectivity index (χ3v) is 2.10. The summed E-state index contributed by atoms with van der Waals surface area (Å²) in [5.74, 6) is -0.0495. The zero-order valence-corrected chi connectivity index (χ0v) is 9.53. The van der Waals surface area contributed by atoms with Gasteiger partial charge in [-0.25, -0.2) is 0 Å². The molecule has 0 heterocycles. The smallest absolute Gasteiger partial charge is 0.253 e. The van der Waals surface area contributed by atoms with E-state index in [1.807, 2.05) is 6.92 Å². The van der Waals surface area contributed by atoms with E-state index in [0.717, 1.165) is 0 Å². The minimum Gasteiger partial charge on any atom is -0.508 e. The molecule has 0 aliphatic carbocycles. The highest BCUT2D eigenvalue weighted by Crippen LogP contribution is 2.13. The zero-order chi connectivity index (χ0) is 11.4. The Morgan fingerprint density at radius 1 is 1.60 bits per heavy atom. The second kappa shape index (κ2) is 5.03. The fraction of sp³-hybridized carbons (Fsp3) is 0.364. The average molecular weight is 228 g/mol. The van der Waals surface area contributed by atoms with E-state index < -0.39 is 0 Å². The summed E-state index contributed by atoms with van der Waals surface area (Å²) < 4.78 is 0. The fourth-order valence-electron chi connectivity index (χ4n) is 1.32. The molecule has 82 valence electrons. The number of carbonyl (C=O) groups is 1. The van der Waals surface area contributed by atoms with Gasteiger partial charge in [0.25, 0.3) is 5.91 Å². The Labute approximate surface area is 94.3 Å². The van der Waals surface area contributed by atoms with Crippen molar-refractivity contribution in [2.24, 2.45) is 0 Å². The van der Waals surface area contributed by atoms with Crippen molar-refractivity contribution in [3.63, 3.8) is 0 Å². The van der Waals surface area contributed by atoms with Crippen molar-refractivity contribution in [2.45, 2.75) is 12.3 Å². The van der Waals surface area contributed by atoms with Gasteiger partial charge in [-0.1, -0.05) is 6.07 Å². The van der Waals surface area contributed by atoms with Crippen LogP contribution in [-0.4, -0.2) is 34.9 Å². The number of alkyl halides is 1. The Kier molecular flexibility index (Phi) is 3.97. The van der Waals surface area contributed by atoms with Gasteiger partial charge in [0.1, 0.15) is 5.75 Å². The average Bonchev–Trinajstić information content (AvgIpc) is 2.15. The monoisotopic (exact) mass is 227 g/mol. The van der Waals surface area contributed by atoms with Gasteiger partial charge in [-0.05, 0) is 25.1 Å². The molecule has 0 fully saturated rings. The van der Waals surface area contributed by atoms with Crippen LogP contribution < -0.4 is 0 Å². The molecule has 1 rings (SSSR count). The number of hydrogen-bond acceptors (Lipinski definition) is 2. The summed E-state index contributed by atoms with van der Waals surface area (Å²) in [6, 6.07) is 6.27. The van der Waals surface area contributed by atoms with Crippen LogP contribution in [0.25, 0.3) is 0 Å². The number of carbonyl (C=O) groups excluding carboxylic acids is 1. The van der Waals surface area contributed by atoms with Crippen LogP contribution in [0.3, 0.4) is 0 Å². The van der Waals surface area contributed by atoms with Crippen molar-refractivity contribution in [3.8, 4) is 5.75 Å². The normalized spacial score (nSPS) is 12.2. The molecule has 0 aromatic heterocycles. The van der Waals surface area contributed by atoms with Crippen molar-refractivity contribution < 1.29 is 9.90 Å². The van der Waals surface area contributed by atoms with Crippen molar-refractivity contribution in [1.82, 2.24) is 4.90 Å². The summed E-state index contributed by atoms with van der Waals surface area (Å²) in [7, 11) is 1.69. The quantitative estimate of drug-likeness (QED) is 0.804. The van der Waals surface area contributed by atoms with Crippen LogP contribution in [-0.2, 0) is 0 Å². The molecule has 0 saturated heterocycles. The number of aromatic hydroxyl groups is 1. The largest absolute Gasteiger partial charge is 0.508 e. The Morgan fingerprint density at radius 2 is 2.27 bits per heavy atom. The Bertz CT molecular complexity index is 352. The first-order valence-electron chi connectivity index (χ1n) is 4.69. The molecule has 1 amide bonds. The first-order chi connectivity index (χ1) is 7.00. The molecule has 0 aliphatic rings. The van der Waals surface area contributed by atoms with E-state index in [4.69, 9.17) is 11.6 Å². The van der Waals surface area contributed by atoms with Crippen LogP contribution in [0.15, 0.2) is 24.3 Å². The molecule has 4 heteroatoms. The molecule has 1 unspecified atom stereocenters. The van der Waals surface area contributed by atoms with Crippen LogP contribution in [0.5, 0.6) is 5.75 Å². The molecule has 1 aromatic rings. The molecule has 3 nitrogen and oxygen atoms in total. The first kappa shape index (κ1) is 11.9. The highest BCUT2D eigenvalue weighted by atomic mass is 35.5. The van der Waals surface area contributed by atoms with E-state index in [2.05, 4.69) is 0 Å². The van der Waals surface area contributed by atoms with Crippen LogP contribution in [0.1, 0.15) is 17.3 Å². The van der Waals surface area contributed by atoms with Crippen LogP contribution >= 0.6 is 11.6 Å². The molecule has 15 heavy (non-hydrogen) atoms. The molecular formula is C11H14ClNO2. The van der Waals surface area contributed by atoms with Gasteiger partial charge in [-0.15, -0.1) is 11.6 Å². The van der Waals surface area contributed by atoms with E-state index in [1.54, 1.807) is 19.2 Å². The minimum absolute atomic E-state index is 0.0868. The van der Waals surface area contributed by atoms with E-state index in [0.29, 0.717) is 12.1 Å². The summed E-state index contributed by atoms with van der Waals surface area (Å²) in [5, 5.41) is 9.14. The Morgan fingerprint density at radius 3 is 2.80 bits per heavy atom. The topological polar surface area (TPSA) is 40.5 Å². The number of halogens is 1. The summed E-state index contributed by atoms with van der Waals surface area (Å²) in [6.07, 6.45) is 0. The lowest BCUT2D eigenvalue weighted by molar-refractivity contribution is 0.0796. The van der Waals surface area contributed by atoms with Crippen LogP contribution in [0.2, 0.25) is 0 Å². The van der Waals surface area contributed by atoms with Gasteiger partial charge < -0.3 is 10.0 Å². The van der Waals surface area contributed by atoms with E-state index in [-0.39, 0.29) is 17.0 Å². The van der Waals surface area contributed by atoms with Gasteiger partial charge in [-0.2, -0.15) is 0 Å². The molecule has 1 N–H and O–H groups in total. The zero-order valence-electron chi connectivity index (χ0n) is 8.77. The fourth-order valence-corrected chi connectivity index (χ4v) is 1.53. The number of rotatable bonds is 3. The lowest BCUT2D eigenvalue weighted by Crippen LogP contribution is -2.31. The summed E-state index contributed by atoms with van der Waals surface area (Å²) >= 11 is 5.79. The maximum atomic E-state index is 11.8. The summed E-state index contributed by atoms with van der Waals surface area (Å²) in [6.45, 7) is 2.31. The standard InChI is InChI=1S/C11H14ClNO2/c1-8(12)7-13(2)11(15)9-4-3-5-10(14)6-9/h3-6,8,14H,7H2,1-2H3. The number of amides is 1. The van der Waals surface area contributed by atoms with Crippen molar-refractivity contribution in [1.29, 1.82) is 0 Å². The van der Waals surface area contributed by atoms with Gasteiger partial charge >= 0.3 is 0 Å². The number of hydrogen-bond donors (Lipinski definition) is 1. The van der Waals surface area contributed by atoms with E-state index in [9.17, 15) is 9.90 Å². The maximum Gasteiger partial charge on any atom is 0.253 e. The number of phenols is 1. The van der Waals surface area contributed by atoms with Gasteiger partial charge in [0.05, 0.1) is 0 Å². The summed E-state index contributed by atoms with van der Waals surface area (Å²) in [4.78, 5) is 13.3. The molecule has 1 atom stereocenters. The van der Waals surface area contributed by atoms with Crippen molar-refractivity contribution >= 4 is 17.5 Å². The molecule has 0 saturated carbocycles. The van der Waals surface area contributed by atoms with Gasteiger partial charge in [0.15, 0.2) is 0 Å². The van der Waals surface area contributed by atoms with Crippen molar-refractivity contribution in [2.75, 3.05) is 13.6 Å². The van der Waals surface area contributed by atoms with Gasteiger partial charge in [-0.3, -0.25) is 4.79 Å². The molecule has 0 spiro atoms. The van der Waals surface area contributed by atoms with Crippen molar-refractivity contribution in [3.05, 3.63) is 29.8 Å². The SMILES string of the molecule is CC(Cl)CN(C)C(=O)c1cccc(O)c1. The second-order valence-electron chi connectivity index (χ2n) is 3.52.